The molecule has 0 aliphatic rings. The molecule has 0 saturated heterocycles. The van der Waals surface area contributed by atoms with Crippen molar-refractivity contribution in [2.45, 2.75) is 25.7 Å². The van der Waals surface area contributed by atoms with E-state index < -0.39 is 30.1 Å². The Kier molecular flexibility index (Phi) is 7.27. The summed E-state index contributed by atoms with van der Waals surface area (Å²) in [6, 6.07) is 6.13. The van der Waals surface area contributed by atoms with Gasteiger partial charge < -0.3 is 19.3 Å². The highest BCUT2D eigenvalue weighted by molar-refractivity contribution is 6.08. The first-order valence-corrected chi connectivity index (χ1v) is 8.56. The number of methoxy groups -OCH3 is 2. The molecule has 1 N–H and O–H groups in total. The standard InChI is InChI=1S/C20H23FO6/c1-4-14-16(21)6-5-12-9-13(27-11-25-2)10-15(18(12)14)19(20(24)26-3)17(23)7-8-22/h5-6,9-10,19,22H,4,7-8,11H2,1-3H3. The maximum absolute atomic E-state index is 14.4. The van der Waals surface area contributed by atoms with Crippen molar-refractivity contribution in [1.29, 1.82) is 0 Å². The van der Waals surface area contributed by atoms with Crippen molar-refractivity contribution in [3.8, 4) is 5.75 Å². The minimum Gasteiger partial charge on any atom is -0.468 e. The van der Waals surface area contributed by atoms with Crippen LogP contribution in [0.5, 0.6) is 5.75 Å². The molecule has 0 heterocycles. The number of hydrogen-bond donors (Lipinski definition) is 1. The maximum Gasteiger partial charge on any atom is 0.320 e. The van der Waals surface area contributed by atoms with Crippen LogP contribution in [-0.2, 0) is 25.5 Å². The lowest BCUT2D eigenvalue weighted by Gasteiger charge is -2.20. The number of aryl methyl sites for hydroxylation is 1. The van der Waals surface area contributed by atoms with Crippen LogP contribution in [0.4, 0.5) is 4.39 Å². The molecule has 0 aliphatic carbocycles. The third-order valence-electron chi connectivity index (χ3n) is 4.30. The summed E-state index contributed by atoms with van der Waals surface area (Å²) in [5.74, 6) is -2.62. The van der Waals surface area contributed by atoms with Gasteiger partial charge >= 0.3 is 5.97 Å². The summed E-state index contributed by atoms with van der Waals surface area (Å²) < 4.78 is 29.6. The highest BCUT2D eigenvalue weighted by atomic mass is 19.1. The summed E-state index contributed by atoms with van der Waals surface area (Å²) in [6.45, 7) is 1.36. The number of rotatable bonds is 9. The van der Waals surface area contributed by atoms with Crippen LogP contribution in [0.1, 0.15) is 30.4 Å². The monoisotopic (exact) mass is 378 g/mol. The van der Waals surface area contributed by atoms with Crippen molar-refractivity contribution in [2.24, 2.45) is 0 Å². The molecule has 0 bridgehead atoms. The fraction of sp³-hybridized carbons (Fsp3) is 0.400. The van der Waals surface area contributed by atoms with Gasteiger partial charge in [0.1, 0.15) is 17.5 Å². The first kappa shape index (κ1) is 20.8. The number of fused-ring (bicyclic) bond motifs is 1. The van der Waals surface area contributed by atoms with E-state index in [1.54, 1.807) is 19.1 Å². The quantitative estimate of drug-likeness (QED) is 0.410. The van der Waals surface area contributed by atoms with E-state index in [4.69, 9.17) is 19.3 Å². The lowest BCUT2D eigenvalue weighted by molar-refractivity contribution is -0.145. The van der Waals surface area contributed by atoms with Gasteiger partial charge in [0, 0.05) is 13.5 Å². The van der Waals surface area contributed by atoms with Crippen LogP contribution < -0.4 is 4.74 Å². The Morgan fingerprint density at radius 1 is 1.22 bits per heavy atom. The largest absolute Gasteiger partial charge is 0.468 e. The summed E-state index contributed by atoms with van der Waals surface area (Å²) in [5.41, 5.74) is 0.687. The Morgan fingerprint density at radius 3 is 2.56 bits per heavy atom. The lowest BCUT2D eigenvalue weighted by Crippen LogP contribution is -2.24. The molecule has 0 aliphatic heterocycles. The van der Waals surface area contributed by atoms with Gasteiger partial charge in [-0.15, -0.1) is 0 Å². The van der Waals surface area contributed by atoms with E-state index in [1.807, 2.05) is 0 Å². The summed E-state index contributed by atoms with van der Waals surface area (Å²) in [4.78, 5) is 25.0. The first-order chi connectivity index (χ1) is 13.0. The van der Waals surface area contributed by atoms with E-state index in [0.29, 0.717) is 34.1 Å². The van der Waals surface area contributed by atoms with Gasteiger partial charge in [-0.25, -0.2) is 4.39 Å². The molecule has 2 rings (SSSR count). The summed E-state index contributed by atoms with van der Waals surface area (Å²) in [5, 5.41) is 10.2. The van der Waals surface area contributed by atoms with E-state index in [-0.39, 0.29) is 13.2 Å². The summed E-state index contributed by atoms with van der Waals surface area (Å²) >= 11 is 0. The molecule has 6 nitrogen and oxygen atoms in total. The molecule has 0 spiro atoms. The molecule has 2 aromatic carbocycles. The van der Waals surface area contributed by atoms with Crippen LogP contribution >= 0.6 is 0 Å². The van der Waals surface area contributed by atoms with Gasteiger partial charge in [-0.1, -0.05) is 13.0 Å². The highest BCUT2D eigenvalue weighted by Gasteiger charge is 2.32. The van der Waals surface area contributed by atoms with Crippen molar-refractivity contribution in [2.75, 3.05) is 27.6 Å². The Labute approximate surface area is 156 Å². The molecule has 0 fully saturated rings. The molecule has 1 unspecified atom stereocenters. The van der Waals surface area contributed by atoms with Gasteiger partial charge in [-0.3, -0.25) is 9.59 Å². The summed E-state index contributed by atoms with van der Waals surface area (Å²) in [6.07, 6.45) is 0.151. The number of benzene rings is 2. The van der Waals surface area contributed by atoms with E-state index in [0.717, 1.165) is 0 Å². The SMILES string of the molecule is CCc1c(F)ccc2cc(OCOC)cc(C(C(=O)CCO)C(=O)OC)c12. The van der Waals surface area contributed by atoms with Crippen LogP contribution in [0.25, 0.3) is 10.8 Å². The average molecular weight is 378 g/mol. The number of carbonyl (C=O) groups is 2. The number of ketones is 1. The van der Waals surface area contributed by atoms with E-state index in [9.17, 15) is 14.0 Å². The van der Waals surface area contributed by atoms with Crippen molar-refractivity contribution in [1.82, 2.24) is 0 Å². The highest BCUT2D eigenvalue weighted by Crippen LogP contribution is 2.36. The Bertz CT molecular complexity index is 833. The van der Waals surface area contributed by atoms with E-state index in [1.165, 1.54) is 26.4 Å². The van der Waals surface area contributed by atoms with Gasteiger partial charge in [-0.2, -0.15) is 0 Å². The van der Waals surface area contributed by atoms with Gasteiger partial charge in [0.25, 0.3) is 0 Å². The molecule has 0 radical (unpaired) electrons. The topological polar surface area (TPSA) is 82.1 Å². The molecular weight excluding hydrogens is 355 g/mol. The van der Waals surface area contributed by atoms with E-state index in [2.05, 4.69) is 0 Å². The number of ether oxygens (including phenoxy) is 3. The molecule has 0 amide bonds. The third-order valence-corrected chi connectivity index (χ3v) is 4.30. The zero-order valence-corrected chi connectivity index (χ0v) is 15.6. The maximum atomic E-state index is 14.4. The molecule has 0 aromatic heterocycles. The van der Waals surface area contributed by atoms with Crippen LogP contribution in [0, 0.1) is 5.82 Å². The van der Waals surface area contributed by atoms with Crippen molar-refractivity contribution in [3.63, 3.8) is 0 Å². The minimum atomic E-state index is -1.29. The molecule has 146 valence electrons. The Hall–Kier alpha value is -2.51. The summed E-state index contributed by atoms with van der Waals surface area (Å²) in [7, 11) is 2.64. The molecule has 7 heteroatoms. The predicted molar refractivity (Wildman–Crippen MR) is 97.3 cm³/mol. The normalized spacial score (nSPS) is 12.0. The number of halogens is 1. The zero-order valence-electron chi connectivity index (χ0n) is 15.6. The van der Waals surface area contributed by atoms with Crippen molar-refractivity contribution < 1.29 is 33.3 Å². The van der Waals surface area contributed by atoms with Crippen molar-refractivity contribution in [3.05, 3.63) is 41.2 Å². The van der Waals surface area contributed by atoms with Crippen LogP contribution in [-0.4, -0.2) is 44.5 Å². The number of carbonyl (C=O) groups excluding carboxylic acids is 2. The number of esters is 1. The van der Waals surface area contributed by atoms with Gasteiger partial charge in [0.05, 0.1) is 13.7 Å². The first-order valence-electron chi connectivity index (χ1n) is 8.56. The number of Topliss-reactive ketones (excluding diaryl/α,β-unsaturated/α-hetero) is 1. The predicted octanol–water partition coefficient (Wildman–Crippen LogP) is 2.73. The second kappa shape index (κ2) is 9.43. The molecule has 0 saturated carbocycles. The van der Waals surface area contributed by atoms with Gasteiger partial charge in [-0.05, 0) is 46.5 Å². The Morgan fingerprint density at radius 2 is 1.96 bits per heavy atom. The Balaban J connectivity index is 2.80. The van der Waals surface area contributed by atoms with E-state index >= 15 is 0 Å². The molecule has 27 heavy (non-hydrogen) atoms. The number of hydrogen-bond acceptors (Lipinski definition) is 6. The average Bonchev–Trinajstić information content (AvgIpc) is 2.66. The van der Waals surface area contributed by atoms with Crippen molar-refractivity contribution >= 4 is 22.5 Å². The lowest BCUT2D eigenvalue weighted by atomic mass is 9.86. The van der Waals surface area contributed by atoms with Crippen LogP contribution in [0.15, 0.2) is 24.3 Å². The number of aliphatic hydroxyl groups excluding tert-OH is 1. The fourth-order valence-corrected chi connectivity index (χ4v) is 3.11. The second-order valence-corrected chi connectivity index (χ2v) is 5.94. The molecular formula is C20H23FO6. The smallest absolute Gasteiger partial charge is 0.320 e. The molecule has 1 atom stereocenters. The van der Waals surface area contributed by atoms with Gasteiger partial charge in [0.2, 0.25) is 0 Å². The fourth-order valence-electron chi connectivity index (χ4n) is 3.11. The van der Waals surface area contributed by atoms with Crippen LogP contribution in [0.2, 0.25) is 0 Å². The van der Waals surface area contributed by atoms with Gasteiger partial charge in [0.15, 0.2) is 12.6 Å². The third kappa shape index (κ3) is 4.43. The number of aliphatic hydroxyl groups is 1. The second-order valence-electron chi connectivity index (χ2n) is 5.94. The zero-order chi connectivity index (χ0) is 20.0. The minimum absolute atomic E-state index is 0.0275. The molecule has 2 aromatic rings. The van der Waals surface area contributed by atoms with Crippen LogP contribution in [0.3, 0.4) is 0 Å².